The van der Waals surface area contributed by atoms with Crippen LogP contribution >= 0.6 is 0 Å². The summed E-state index contributed by atoms with van der Waals surface area (Å²) < 4.78 is 4.03. The van der Waals surface area contributed by atoms with Crippen molar-refractivity contribution in [3.05, 3.63) is 132 Å². The normalized spacial score (nSPS) is 12.2. The first-order chi connectivity index (χ1) is 17.9. The van der Waals surface area contributed by atoms with Gasteiger partial charge in [-0.1, -0.05) is 97.1 Å². The molecule has 0 aliphatic carbocycles. The lowest BCUT2D eigenvalue weighted by atomic mass is 10.2. The van der Waals surface area contributed by atoms with Gasteiger partial charge in [0.15, 0.2) is 0 Å². The van der Waals surface area contributed by atoms with Crippen molar-refractivity contribution in [3.8, 4) is 0 Å². The maximum Gasteiger partial charge on any atom is 0.0732 e. The smallest absolute Gasteiger partial charge is 0.0732 e. The van der Waals surface area contributed by atoms with Crippen molar-refractivity contribution in [2.24, 2.45) is 10.2 Å². The molecule has 170 valence electrons. The summed E-state index contributed by atoms with van der Waals surface area (Å²) in [4.78, 5) is 0. The molecule has 0 amide bonds. The Labute approximate surface area is 208 Å². The van der Waals surface area contributed by atoms with Crippen LogP contribution in [-0.4, -0.2) is 21.8 Å². The molecule has 4 nitrogen and oxygen atoms in total. The van der Waals surface area contributed by atoms with Gasteiger partial charge in [0.1, 0.15) is 0 Å². The Balaban J connectivity index is 1.21. The zero-order valence-corrected chi connectivity index (χ0v) is 19.5. The molecule has 2 aromatic heterocycles. The average molecular weight is 463 g/mol. The highest BCUT2D eigenvalue weighted by Crippen LogP contribution is 2.29. The number of benzene rings is 5. The molecule has 0 fully saturated rings. The molecule has 0 atom stereocenters. The molecule has 36 heavy (non-hydrogen) atoms. The topological polar surface area (TPSA) is 34.6 Å². The fraction of sp³-hybridized carbons (Fsp3) is 0. The molecule has 0 spiro atoms. The lowest BCUT2D eigenvalue weighted by Gasteiger charge is -2.01. The van der Waals surface area contributed by atoms with Crippen LogP contribution in [0.4, 0.5) is 0 Å². The van der Waals surface area contributed by atoms with E-state index in [1.165, 1.54) is 21.5 Å². The van der Waals surface area contributed by atoms with Crippen LogP contribution in [0.5, 0.6) is 0 Å². The van der Waals surface area contributed by atoms with Gasteiger partial charge < -0.3 is 0 Å². The van der Waals surface area contributed by atoms with Crippen LogP contribution in [0.3, 0.4) is 0 Å². The van der Waals surface area contributed by atoms with Crippen molar-refractivity contribution in [1.82, 2.24) is 9.35 Å². The largest absolute Gasteiger partial charge is 0.232 e. The summed E-state index contributed by atoms with van der Waals surface area (Å²) in [7, 11) is 0. The first-order valence-electron chi connectivity index (χ1n) is 12.0. The Morgan fingerprint density at radius 1 is 0.361 bits per heavy atom. The third kappa shape index (κ3) is 3.31. The molecule has 0 unspecified atom stereocenters. The van der Waals surface area contributed by atoms with Gasteiger partial charge in [-0.25, -0.2) is 9.35 Å². The molecule has 2 heterocycles. The van der Waals surface area contributed by atoms with E-state index in [2.05, 4.69) is 121 Å². The lowest BCUT2D eigenvalue weighted by Crippen LogP contribution is -1.92. The fourth-order valence-corrected chi connectivity index (χ4v) is 4.97. The van der Waals surface area contributed by atoms with Gasteiger partial charge in [-0.15, -0.1) is 0 Å². The summed E-state index contributed by atoms with van der Waals surface area (Å²) in [5.41, 5.74) is 6.47. The van der Waals surface area contributed by atoms with Gasteiger partial charge in [-0.05, 0) is 35.4 Å². The number of hydrogen-bond acceptors (Lipinski definition) is 2. The maximum atomic E-state index is 4.83. The van der Waals surface area contributed by atoms with Gasteiger partial charge in [-0.3, -0.25) is 0 Å². The Kier molecular flexibility index (Phi) is 4.74. The second-order valence-corrected chi connectivity index (χ2v) is 8.85. The van der Waals surface area contributed by atoms with Crippen LogP contribution < -0.4 is 0 Å². The van der Waals surface area contributed by atoms with Gasteiger partial charge in [0.2, 0.25) is 0 Å². The van der Waals surface area contributed by atoms with E-state index < -0.39 is 0 Å². The zero-order valence-electron chi connectivity index (χ0n) is 19.5. The monoisotopic (exact) mass is 462 g/mol. The van der Waals surface area contributed by atoms with E-state index in [0.29, 0.717) is 0 Å². The van der Waals surface area contributed by atoms with Crippen molar-refractivity contribution in [2.75, 3.05) is 0 Å². The third-order valence-electron chi connectivity index (χ3n) is 6.69. The van der Waals surface area contributed by atoms with Crippen molar-refractivity contribution in [2.45, 2.75) is 0 Å². The lowest BCUT2D eigenvalue weighted by molar-refractivity contribution is 0.974. The van der Waals surface area contributed by atoms with Crippen LogP contribution in [0.2, 0.25) is 0 Å². The molecule has 0 saturated heterocycles. The average Bonchev–Trinajstić information content (AvgIpc) is 3.44. The number of fused-ring (bicyclic) bond motifs is 6. The van der Waals surface area contributed by atoms with Crippen molar-refractivity contribution < 1.29 is 0 Å². The fourth-order valence-electron chi connectivity index (χ4n) is 4.97. The van der Waals surface area contributed by atoms with E-state index in [9.17, 15) is 0 Å². The van der Waals surface area contributed by atoms with Crippen LogP contribution in [0.1, 0.15) is 11.1 Å². The highest BCUT2D eigenvalue weighted by atomic mass is 15.3. The van der Waals surface area contributed by atoms with E-state index in [1.54, 1.807) is 0 Å². The predicted octanol–water partition coefficient (Wildman–Crippen LogP) is 7.67. The minimum atomic E-state index is 1.03. The highest BCUT2D eigenvalue weighted by Gasteiger charge is 2.09. The summed E-state index contributed by atoms with van der Waals surface area (Å²) in [6.45, 7) is 0. The van der Waals surface area contributed by atoms with E-state index >= 15 is 0 Å². The number of hydrogen-bond donors (Lipinski definition) is 0. The number of aromatic nitrogens is 2. The molecule has 0 saturated carbocycles. The summed E-state index contributed by atoms with van der Waals surface area (Å²) in [6, 6.07) is 41.8. The molecular formula is C32H22N4. The third-order valence-corrected chi connectivity index (χ3v) is 6.69. The minimum Gasteiger partial charge on any atom is -0.232 e. The van der Waals surface area contributed by atoms with Crippen LogP contribution in [0.25, 0.3) is 43.6 Å². The van der Waals surface area contributed by atoms with Gasteiger partial charge in [0, 0.05) is 21.5 Å². The molecular weight excluding hydrogens is 440 g/mol. The molecule has 7 aromatic rings. The van der Waals surface area contributed by atoms with Crippen molar-refractivity contribution >= 4 is 56.0 Å². The zero-order chi connectivity index (χ0) is 23.9. The second-order valence-electron chi connectivity index (χ2n) is 8.85. The first-order valence-corrected chi connectivity index (χ1v) is 12.0. The van der Waals surface area contributed by atoms with Gasteiger partial charge in [-0.2, -0.15) is 10.2 Å². The molecule has 4 heteroatoms. The van der Waals surface area contributed by atoms with Gasteiger partial charge in [0.25, 0.3) is 0 Å². The summed E-state index contributed by atoms with van der Waals surface area (Å²) in [6.07, 6.45) is 3.82. The predicted molar refractivity (Wildman–Crippen MR) is 151 cm³/mol. The molecule has 0 N–H and O–H groups in total. The maximum absolute atomic E-state index is 4.83. The van der Waals surface area contributed by atoms with Crippen LogP contribution in [0, 0.1) is 0 Å². The Morgan fingerprint density at radius 2 is 0.639 bits per heavy atom. The number of rotatable bonds is 4. The number of para-hydroxylation sites is 4. The Hall–Kier alpha value is -4.96. The standard InChI is InChI=1S/C32H22N4/c1-5-13-29-25(9-1)26-10-2-6-14-30(26)35(29)33-21-23-17-19-24(20-18-23)22-34-36-31-15-7-3-11-27(31)28-12-4-8-16-32(28)36/h1-22H/b33-21-,34-22-. The van der Waals surface area contributed by atoms with E-state index in [-0.39, 0.29) is 0 Å². The quantitative estimate of drug-likeness (QED) is 0.241. The minimum absolute atomic E-state index is 1.03. The van der Waals surface area contributed by atoms with Crippen LogP contribution in [-0.2, 0) is 0 Å². The molecule has 0 radical (unpaired) electrons. The SMILES string of the molecule is C(=N/n1c2ccccc2c2ccccc21)/c1ccc(/C=N\n2c3ccccc3c3ccccc32)cc1. The van der Waals surface area contributed by atoms with Crippen molar-refractivity contribution in [1.29, 1.82) is 0 Å². The van der Waals surface area contributed by atoms with E-state index in [1.807, 2.05) is 21.8 Å². The van der Waals surface area contributed by atoms with E-state index in [0.717, 1.165) is 33.2 Å². The van der Waals surface area contributed by atoms with Crippen LogP contribution in [0.15, 0.2) is 132 Å². The Bertz CT molecular complexity index is 1690. The Morgan fingerprint density at radius 3 is 0.944 bits per heavy atom. The van der Waals surface area contributed by atoms with Gasteiger partial charge >= 0.3 is 0 Å². The molecule has 0 aliphatic rings. The summed E-state index contributed by atoms with van der Waals surface area (Å²) in [5, 5.41) is 14.5. The molecule has 7 rings (SSSR count). The summed E-state index contributed by atoms with van der Waals surface area (Å²) >= 11 is 0. The molecule has 0 bridgehead atoms. The molecule has 0 aliphatic heterocycles. The summed E-state index contributed by atoms with van der Waals surface area (Å²) in [5.74, 6) is 0. The first kappa shape index (κ1) is 20.4. The van der Waals surface area contributed by atoms with Gasteiger partial charge in [0.05, 0.1) is 34.5 Å². The van der Waals surface area contributed by atoms with Crippen molar-refractivity contribution in [3.63, 3.8) is 0 Å². The molecule has 5 aromatic carbocycles. The number of nitrogens with zero attached hydrogens (tertiary/aromatic N) is 4. The highest BCUT2D eigenvalue weighted by molar-refractivity contribution is 6.09. The van der Waals surface area contributed by atoms with E-state index in [4.69, 9.17) is 10.2 Å². The second kappa shape index (κ2) is 8.36.